The highest BCUT2D eigenvalue weighted by Gasteiger charge is 2.21. The van der Waals surface area contributed by atoms with Gasteiger partial charge in [0, 0.05) is 6.42 Å². The van der Waals surface area contributed by atoms with Gasteiger partial charge in [0.1, 0.15) is 0 Å². The molecule has 0 atom stereocenters. The van der Waals surface area contributed by atoms with Gasteiger partial charge in [0.15, 0.2) is 0 Å². The van der Waals surface area contributed by atoms with E-state index in [2.05, 4.69) is 83.1 Å². The van der Waals surface area contributed by atoms with Crippen molar-refractivity contribution in [2.24, 2.45) is 0 Å². The highest BCUT2D eigenvalue weighted by atomic mass is 16.4. The second-order valence-corrected chi connectivity index (χ2v) is 9.36. The van der Waals surface area contributed by atoms with Crippen LogP contribution in [0.3, 0.4) is 0 Å². The van der Waals surface area contributed by atoms with E-state index < -0.39 is 5.97 Å². The molecule has 0 aliphatic heterocycles. The molecule has 27 heavy (non-hydrogen) atoms. The Bertz CT molecular complexity index is 990. The van der Waals surface area contributed by atoms with Gasteiger partial charge in [-0.15, -0.1) is 0 Å². The first-order valence-corrected chi connectivity index (χ1v) is 9.77. The summed E-state index contributed by atoms with van der Waals surface area (Å²) in [6.45, 7) is 11.1. The van der Waals surface area contributed by atoms with Gasteiger partial charge in [-0.3, -0.25) is 4.79 Å². The molecule has 3 rings (SSSR count). The fraction of sp³-hybridized carbons (Fsp3) is 0.400. The molecule has 0 unspecified atom stereocenters. The van der Waals surface area contributed by atoms with Crippen LogP contribution in [0.4, 0.5) is 0 Å². The van der Waals surface area contributed by atoms with E-state index in [1.807, 2.05) is 0 Å². The van der Waals surface area contributed by atoms with E-state index in [1.54, 1.807) is 0 Å². The maximum Gasteiger partial charge on any atom is 0.303 e. The highest BCUT2D eigenvalue weighted by molar-refractivity contribution is 5.98. The first-order valence-electron chi connectivity index (χ1n) is 9.77. The molecule has 0 aliphatic rings. The first-order chi connectivity index (χ1) is 12.6. The Kier molecular flexibility index (Phi) is 5.03. The quantitative estimate of drug-likeness (QED) is 0.505. The lowest BCUT2D eigenvalue weighted by molar-refractivity contribution is -0.137. The predicted molar refractivity (Wildman–Crippen MR) is 115 cm³/mol. The lowest BCUT2D eigenvalue weighted by atomic mass is 9.79. The lowest BCUT2D eigenvalue weighted by Gasteiger charge is -2.25. The van der Waals surface area contributed by atoms with Crippen LogP contribution >= 0.6 is 0 Å². The summed E-state index contributed by atoms with van der Waals surface area (Å²) < 4.78 is 0. The Morgan fingerprint density at radius 3 is 1.81 bits per heavy atom. The third-order valence-corrected chi connectivity index (χ3v) is 5.64. The largest absolute Gasteiger partial charge is 0.481 e. The van der Waals surface area contributed by atoms with Crippen molar-refractivity contribution in [3.63, 3.8) is 0 Å². The van der Waals surface area contributed by atoms with Crippen LogP contribution in [0, 0.1) is 0 Å². The van der Waals surface area contributed by atoms with Gasteiger partial charge in [0.05, 0.1) is 0 Å². The van der Waals surface area contributed by atoms with E-state index in [0.717, 1.165) is 6.42 Å². The number of fused-ring (bicyclic) bond motifs is 2. The fourth-order valence-electron chi connectivity index (χ4n) is 3.71. The van der Waals surface area contributed by atoms with E-state index in [4.69, 9.17) is 5.11 Å². The Labute approximate surface area is 162 Å². The number of benzene rings is 3. The number of aliphatic carboxylic acids is 1. The predicted octanol–water partition coefficient (Wildman–Crippen LogP) is 6.82. The molecule has 1 N–H and O–H groups in total. The highest BCUT2D eigenvalue weighted by Crippen LogP contribution is 2.33. The molecule has 0 bridgehead atoms. The second kappa shape index (κ2) is 6.99. The van der Waals surface area contributed by atoms with Crippen LogP contribution in [0.5, 0.6) is 0 Å². The van der Waals surface area contributed by atoms with Gasteiger partial charge in [0.25, 0.3) is 0 Å². The van der Waals surface area contributed by atoms with Gasteiger partial charge in [-0.2, -0.15) is 0 Å². The van der Waals surface area contributed by atoms with E-state index >= 15 is 0 Å². The number of hydrogen-bond acceptors (Lipinski definition) is 1. The van der Waals surface area contributed by atoms with Crippen molar-refractivity contribution in [3.8, 4) is 0 Å². The minimum Gasteiger partial charge on any atom is -0.481 e. The molecule has 0 saturated carbocycles. The molecule has 0 spiro atoms. The molecule has 0 fully saturated rings. The molecule has 0 radical (unpaired) electrons. The summed E-state index contributed by atoms with van der Waals surface area (Å²) in [6, 6.07) is 18.0. The number of carboxylic acids is 1. The van der Waals surface area contributed by atoms with Crippen molar-refractivity contribution in [1.29, 1.82) is 0 Å². The SMILES string of the molecule is CC(C)(C)c1ccc2cc3cc(C(C)(C)CCCC(=O)O)ccc3cc2c1. The van der Waals surface area contributed by atoms with Crippen LogP contribution in [-0.4, -0.2) is 11.1 Å². The van der Waals surface area contributed by atoms with E-state index in [1.165, 1.54) is 32.7 Å². The van der Waals surface area contributed by atoms with Crippen molar-refractivity contribution in [3.05, 3.63) is 59.7 Å². The smallest absolute Gasteiger partial charge is 0.303 e. The van der Waals surface area contributed by atoms with Crippen molar-refractivity contribution < 1.29 is 9.90 Å². The monoisotopic (exact) mass is 362 g/mol. The fourth-order valence-corrected chi connectivity index (χ4v) is 3.71. The van der Waals surface area contributed by atoms with Crippen molar-refractivity contribution in [2.45, 2.75) is 64.7 Å². The third-order valence-electron chi connectivity index (χ3n) is 5.64. The first kappa shape index (κ1) is 19.4. The van der Waals surface area contributed by atoms with Gasteiger partial charge >= 0.3 is 5.97 Å². The van der Waals surface area contributed by atoms with Crippen molar-refractivity contribution in [2.75, 3.05) is 0 Å². The third kappa shape index (κ3) is 4.32. The zero-order valence-corrected chi connectivity index (χ0v) is 17.1. The van der Waals surface area contributed by atoms with Crippen LogP contribution in [0.2, 0.25) is 0 Å². The zero-order valence-electron chi connectivity index (χ0n) is 17.1. The van der Waals surface area contributed by atoms with Crippen LogP contribution < -0.4 is 0 Å². The van der Waals surface area contributed by atoms with Crippen LogP contribution in [-0.2, 0) is 15.6 Å². The van der Waals surface area contributed by atoms with E-state index in [9.17, 15) is 4.79 Å². The maximum atomic E-state index is 10.8. The van der Waals surface area contributed by atoms with Crippen LogP contribution in [0.25, 0.3) is 21.5 Å². The summed E-state index contributed by atoms with van der Waals surface area (Å²) in [7, 11) is 0. The molecule has 142 valence electrons. The van der Waals surface area contributed by atoms with Gasteiger partial charge < -0.3 is 5.11 Å². The molecule has 0 aromatic heterocycles. The second-order valence-electron chi connectivity index (χ2n) is 9.36. The molecule has 3 aromatic rings. The minimum atomic E-state index is -0.717. The Hall–Kier alpha value is -2.35. The summed E-state index contributed by atoms with van der Waals surface area (Å²) in [4.78, 5) is 10.8. The standard InChI is InChI=1S/C25H30O2/c1-24(2,3)21-10-8-17-14-20-16-22(11-9-18(20)13-19(17)15-21)25(4,5)12-6-7-23(26)27/h8-11,13-16H,6-7,12H2,1-5H3,(H,26,27). The average molecular weight is 363 g/mol. The van der Waals surface area contributed by atoms with Gasteiger partial charge in [-0.05, 0) is 68.5 Å². The summed E-state index contributed by atoms with van der Waals surface area (Å²) in [6.07, 6.45) is 1.80. The molecule has 0 aliphatic carbocycles. The number of rotatable bonds is 5. The molecule has 2 nitrogen and oxygen atoms in total. The molecule has 2 heteroatoms. The zero-order chi connectivity index (χ0) is 19.8. The number of carbonyl (C=O) groups is 1. The van der Waals surface area contributed by atoms with Gasteiger partial charge in [-0.25, -0.2) is 0 Å². The molecular formula is C25H30O2. The topological polar surface area (TPSA) is 37.3 Å². The van der Waals surface area contributed by atoms with E-state index in [-0.39, 0.29) is 17.3 Å². The van der Waals surface area contributed by atoms with Gasteiger partial charge in [0.2, 0.25) is 0 Å². The summed E-state index contributed by atoms with van der Waals surface area (Å²) in [5, 5.41) is 13.9. The number of hydrogen-bond donors (Lipinski definition) is 1. The molecular weight excluding hydrogens is 332 g/mol. The van der Waals surface area contributed by atoms with E-state index in [0.29, 0.717) is 6.42 Å². The summed E-state index contributed by atoms with van der Waals surface area (Å²) in [5.74, 6) is -0.717. The molecule has 0 saturated heterocycles. The molecule has 3 aromatic carbocycles. The van der Waals surface area contributed by atoms with Crippen LogP contribution in [0.15, 0.2) is 48.5 Å². The molecule has 0 amide bonds. The lowest BCUT2D eigenvalue weighted by Crippen LogP contribution is -2.17. The van der Waals surface area contributed by atoms with Crippen molar-refractivity contribution >= 4 is 27.5 Å². The average Bonchev–Trinajstić information content (AvgIpc) is 2.57. The summed E-state index contributed by atoms with van der Waals surface area (Å²) in [5.41, 5.74) is 2.73. The maximum absolute atomic E-state index is 10.8. The van der Waals surface area contributed by atoms with Crippen molar-refractivity contribution in [1.82, 2.24) is 0 Å². The van der Waals surface area contributed by atoms with Gasteiger partial charge in [-0.1, -0.05) is 71.0 Å². The minimum absolute atomic E-state index is 0.0330. The Morgan fingerprint density at radius 1 is 0.778 bits per heavy atom. The Morgan fingerprint density at radius 2 is 1.30 bits per heavy atom. The summed E-state index contributed by atoms with van der Waals surface area (Å²) >= 11 is 0. The number of carboxylic acid groups (broad SMARTS) is 1. The molecule has 0 heterocycles. The van der Waals surface area contributed by atoms with Crippen LogP contribution in [0.1, 0.15) is 65.0 Å². The normalized spacial score (nSPS) is 12.6. The Balaban J connectivity index is 1.97.